The topological polar surface area (TPSA) is 52.7 Å². The van der Waals surface area contributed by atoms with Crippen molar-refractivity contribution in [1.82, 2.24) is 15.1 Å². The van der Waals surface area contributed by atoms with Crippen LogP contribution in [0.15, 0.2) is 24.3 Å². The van der Waals surface area contributed by atoms with Crippen LogP contribution in [0.3, 0.4) is 0 Å². The minimum absolute atomic E-state index is 0.161. The van der Waals surface area contributed by atoms with E-state index in [-0.39, 0.29) is 11.8 Å². The summed E-state index contributed by atoms with van der Waals surface area (Å²) in [7, 11) is 0. The summed E-state index contributed by atoms with van der Waals surface area (Å²) in [6.45, 7) is 4.43. The Morgan fingerprint density at radius 2 is 1.96 bits per heavy atom. The van der Waals surface area contributed by atoms with E-state index in [1.807, 2.05) is 4.90 Å². The van der Waals surface area contributed by atoms with Gasteiger partial charge in [0, 0.05) is 38.2 Å². The molecule has 3 rings (SSSR count). The quantitative estimate of drug-likeness (QED) is 0.905. The lowest BCUT2D eigenvalue weighted by Gasteiger charge is -2.22. The van der Waals surface area contributed by atoms with Crippen LogP contribution in [0, 0.1) is 11.7 Å². The van der Waals surface area contributed by atoms with Gasteiger partial charge in [0.25, 0.3) is 5.91 Å². The molecule has 1 unspecified atom stereocenters. The maximum atomic E-state index is 13.3. The van der Waals surface area contributed by atoms with Gasteiger partial charge in [-0.3, -0.25) is 9.59 Å². The molecule has 1 N–H and O–H groups in total. The number of benzene rings is 1. The fraction of sp³-hybridized carbons (Fsp3) is 0.579. The molecule has 2 saturated heterocycles. The highest BCUT2D eigenvalue weighted by Gasteiger charge is 2.24. The first kappa shape index (κ1) is 17.9. The minimum Gasteiger partial charge on any atom is -0.341 e. The molecule has 5 nitrogen and oxygen atoms in total. The van der Waals surface area contributed by atoms with Crippen LogP contribution in [0.1, 0.15) is 36.0 Å². The zero-order valence-electron chi connectivity index (χ0n) is 14.5. The van der Waals surface area contributed by atoms with Gasteiger partial charge in [0.2, 0.25) is 5.91 Å². The van der Waals surface area contributed by atoms with Crippen LogP contribution in [0.25, 0.3) is 0 Å². The average Bonchev–Trinajstić information content (AvgIpc) is 3.01. The Bertz CT molecular complexity index is 616. The number of halogens is 1. The summed E-state index contributed by atoms with van der Waals surface area (Å²) < 4.78 is 13.3. The van der Waals surface area contributed by atoms with Crippen LogP contribution in [0.2, 0.25) is 0 Å². The summed E-state index contributed by atoms with van der Waals surface area (Å²) >= 11 is 0. The summed E-state index contributed by atoms with van der Waals surface area (Å²) in [5.41, 5.74) is 0.369. The standard InChI is InChI=1S/C19H26FN3O2/c20-17-4-1-3-16(13-17)19(25)23-10-2-9-22(11-12-23)18(24)6-5-15-7-8-21-14-15/h1,3-4,13,15,21H,2,5-12,14H2. The predicted octanol–water partition coefficient (Wildman–Crippen LogP) is 1.89. The van der Waals surface area contributed by atoms with E-state index in [1.54, 1.807) is 17.0 Å². The molecule has 2 aliphatic heterocycles. The fourth-order valence-electron chi connectivity index (χ4n) is 3.62. The summed E-state index contributed by atoms with van der Waals surface area (Å²) in [6.07, 6.45) is 3.44. The lowest BCUT2D eigenvalue weighted by atomic mass is 10.0. The highest BCUT2D eigenvalue weighted by atomic mass is 19.1. The van der Waals surface area contributed by atoms with Crippen LogP contribution < -0.4 is 5.32 Å². The lowest BCUT2D eigenvalue weighted by molar-refractivity contribution is -0.131. The smallest absolute Gasteiger partial charge is 0.254 e. The second-order valence-corrected chi connectivity index (χ2v) is 6.93. The van der Waals surface area contributed by atoms with Gasteiger partial charge in [0.05, 0.1) is 0 Å². The maximum Gasteiger partial charge on any atom is 0.254 e. The molecule has 0 radical (unpaired) electrons. The molecule has 0 saturated carbocycles. The zero-order chi connectivity index (χ0) is 17.6. The highest BCUT2D eigenvalue weighted by Crippen LogP contribution is 2.16. The molecule has 136 valence electrons. The number of amides is 2. The third-order valence-electron chi connectivity index (χ3n) is 5.14. The molecule has 0 spiro atoms. The first-order valence-electron chi connectivity index (χ1n) is 9.17. The van der Waals surface area contributed by atoms with E-state index in [1.165, 1.54) is 12.1 Å². The Morgan fingerprint density at radius 1 is 1.16 bits per heavy atom. The molecule has 0 aliphatic carbocycles. The molecule has 2 heterocycles. The average molecular weight is 347 g/mol. The molecule has 6 heteroatoms. The van der Waals surface area contributed by atoms with Crippen molar-refractivity contribution in [3.05, 3.63) is 35.6 Å². The molecule has 1 atom stereocenters. The Hall–Kier alpha value is -1.95. The van der Waals surface area contributed by atoms with Crippen LogP contribution >= 0.6 is 0 Å². The van der Waals surface area contributed by atoms with E-state index in [2.05, 4.69) is 5.32 Å². The molecule has 0 bridgehead atoms. The van der Waals surface area contributed by atoms with Gasteiger partial charge in [-0.2, -0.15) is 0 Å². The molecule has 2 amide bonds. The number of hydrogen-bond acceptors (Lipinski definition) is 3. The Labute approximate surface area is 148 Å². The number of rotatable bonds is 4. The Balaban J connectivity index is 1.51. The number of nitrogens with zero attached hydrogens (tertiary/aromatic N) is 2. The van der Waals surface area contributed by atoms with E-state index in [9.17, 15) is 14.0 Å². The van der Waals surface area contributed by atoms with Crippen molar-refractivity contribution < 1.29 is 14.0 Å². The molecule has 2 aliphatic rings. The van der Waals surface area contributed by atoms with Gasteiger partial charge in [0.15, 0.2) is 0 Å². The van der Waals surface area contributed by atoms with Gasteiger partial charge < -0.3 is 15.1 Å². The molecular weight excluding hydrogens is 321 g/mol. The third-order valence-corrected chi connectivity index (χ3v) is 5.14. The summed E-state index contributed by atoms with van der Waals surface area (Å²) in [4.78, 5) is 28.6. The van der Waals surface area contributed by atoms with Crippen molar-refractivity contribution in [1.29, 1.82) is 0 Å². The summed E-state index contributed by atoms with van der Waals surface area (Å²) in [5, 5.41) is 3.33. The second-order valence-electron chi connectivity index (χ2n) is 6.93. The molecule has 1 aromatic rings. The van der Waals surface area contributed by atoms with Crippen molar-refractivity contribution in [3.8, 4) is 0 Å². The van der Waals surface area contributed by atoms with E-state index in [4.69, 9.17) is 0 Å². The van der Waals surface area contributed by atoms with Crippen LogP contribution in [0.5, 0.6) is 0 Å². The second kappa shape index (κ2) is 8.43. The third kappa shape index (κ3) is 4.78. The normalized spacial score (nSPS) is 21.2. The van der Waals surface area contributed by atoms with Gasteiger partial charge in [0.1, 0.15) is 5.82 Å². The first-order chi connectivity index (χ1) is 12.1. The summed E-state index contributed by atoms with van der Waals surface area (Å²) in [5.74, 6) is 0.235. The Morgan fingerprint density at radius 3 is 2.72 bits per heavy atom. The SMILES string of the molecule is O=C(CCC1CCNC1)N1CCCN(C(=O)c2cccc(F)c2)CC1. The van der Waals surface area contributed by atoms with E-state index >= 15 is 0 Å². The zero-order valence-corrected chi connectivity index (χ0v) is 14.5. The van der Waals surface area contributed by atoms with Gasteiger partial charge >= 0.3 is 0 Å². The van der Waals surface area contributed by atoms with Crippen LogP contribution in [-0.4, -0.2) is 60.9 Å². The maximum absolute atomic E-state index is 13.3. The first-order valence-corrected chi connectivity index (χ1v) is 9.17. The predicted molar refractivity (Wildman–Crippen MR) is 93.7 cm³/mol. The number of hydrogen-bond donors (Lipinski definition) is 1. The van der Waals surface area contributed by atoms with Crippen LogP contribution in [-0.2, 0) is 4.79 Å². The molecule has 0 aromatic heterocycles. The fourth-order valence-corrected chi connectivity index (χ4v) is 3.62. The Kier molecular flexibility index (Phi) is 6.02. The molecule has 2 fully saturated rings. The van der Waals surface area contributed by atoms with Crippen molar-refractivity contribution in [3.63, 3.8) is 0 Å². The molecule has 25 heavy (non-hydrogen) atoms. The van der Waals surface area contributed by atoms with Crippen molar-refractivity contribution in [2.75, 3.05) is 39.3 Å². The molecular formula is C19H26FN3O2. The van der Waals surface area contributed by atoms with Crippen LogP contribution in [0.4, 0.5) is 4.39 Å². The number of carbonyl (C=O) groups is 2. The van der Waals surface area contributed by atoms with Crippen molar-refractivity contribution in [2.24, 2.45) is 5.92 Å². The van der Waals surface area contributed by atoms with E-state index in [0.29, 0.717) is 44.1 Å². The minimum atomic E-state index is -0.404. The van der Waals surface area contributed by atoms with E-state index in [0.717, 1.165) is 32.4 Å². The summed E-state index contributed by atoms with van der Waals surface area (Å²) in [6, 6.07) is 5.79. The molecule has 1 aromatic carbocycles. The van der Waals surface area contributed by atoms with Gasteiger partial charge in [-0.05, 0) is 56.5 Å². The van der Waals surface area contributed by atoms with E-state index < -0.39 is 5.82 Å². The van der Waals surface area contributed by atoms with Crippen molar-refractivity contribution in [2.45, 2.75) is 25.7 Å². The monoisotopic (exact) mass is 347 g/mol. The van der Waals surface area contributed by atoms with Gasteiger partial charge in [-0.15, -0.1) is 0 Å². The number of nitrogens with one attached hydrogen (secondary N) is 1. The van der Waals surface area contributed by atoms with Crippen molar-refractivity contribution >= 4 is 11.8 Å². The highest BCUT2D eigenvalue weighted by molar-refractivity contribution is 5.94. The van der Waals surface area contributed by atoms with Gasteiger partial charge in [-0.25, -0.2) is 4.39 Å². The van der Waals surface area contributed by atoms with Gasteiger partial charge in [-0.1, -0.05) is 6.07 Å². The largest absolute Gasteiger partial charge is 0.341 e. The lowest BCUT2D eigenvalue weighted by Crippen LogP contribution is -2.37. The number of carbonyl (C=O) groups excluding carboxylic acids is 2.